The Morgan fingerprint density at radius 2 is 2.14 bits per heavy atom. The second-order valence-electron chi connectivity index (χ2n) is 7.13. The fraction of sp³-hybridized carbons (Fsp3) is 0.381. The molecule has 0 unspecified atom stereocenters. The van der Waals surface area contributed by atoms with Gasteiger partial charge in [0.1, 0.15) is 11.3 Å². The van der Waals surface area contributed by atoms with Crippen LogP contribution in [0.5, 0.6) is 5.75 Å². The number of ether oxygens (including phenoxy) is 2. The zero-order valence-electron chi connectivity index (χ0n) is 16.0. The van der Waals surface area contributed by atoms with Gasteiger partial charge in [0, 0.05) is 18.5 Å². The number of hydrogen-bond acceptors (Lipinski definition) is 6. The first-order valence-corrected chi connectivity index (χ1v) is 9.32. The number of pyridine rings is 1. The molecule has 28 heavy (non-hydrogen) atoms. The molecule has 2 aromatic heterocycles. The fourth-order valence-corrected chi connectivity index (χ4v) is 3.64. The highest BCUT2D eigenvalue weighted by Crippen LogP contribution is 2.27. The summed E-state index contributed by atoms with van der Waals surface area (Å²) in [6.45, 7) is 2.68. The second-order valence-corrected chi connectivity index (χ2v) is 7.13. The van der Waals surface area contributed by atoms with Crippen LogP contribution in [0.2, 0.25) is 0 Å². The standard InChI is InChI=1S/C21H23N3O4/c1-13-3-4-14(10-22-13)7-15-8-16-20(19(9-15)27-2)23-12-24(21(16)26)17-5-6-28-11-18(17)25/h3-4,8-10,12,17-18,25H,5-7,11H2,1-2H3/t17-,18-/m0/s1. The van der Waals surface area contributed by atoms with E-state index in [1.165, 1.54) is 10.9 Å². The van der Waals surface area contributed by atoms with Crippen molar-refractivity contribution in [1.82, 2.24) is 14.5 Å². The Kier molecular flexibility index (Phi) is 5.11. The minimum Gasteiger partial charge on any atom is -0.494 e. The van der Waals surface area contributed by atoms with Gasteiger partial charge in [-0.2, -0.15) is 0 Å². The van der Waals surface area contributed by atoms with Gasteiger partial charge in [0.25, 0.3) is 5.56 Å². The molecule has 146 valence electrons. The molecular weight excluding hydrogens is 358 g/mol. The molecule has 1 fully saturated rings. The van der Waals surface area contributed by atoms with Crippen LogP contribution in [0.1, 0.15) is 29.3 Å². The molecule has 0 aliphatic carbocycles. The average Bonchev–Trinajstić information content (AvgIpc) is 2.70. The molecule has 7 nitrogen and oxygen atoms in total. The van der Waals surface area contributed by atoms with Gasteiger partial charge in [0.15, 0.2) is 0 Å². The molecular formula is C21H23N3O4. The van der Waals surface area contributed by atoms with Gasteiger partial charge in [-0.25, -0.2) is 4.98 Å². The van der Waals surface area contributed by atoms with E-state index in [1.807, 2.05) is 37.4 Å². The molecule has 1 aliphatic rings. The van der Waals surface area contributed by atoms with Gasteiger partial charge < -0.3 is 14.6 Å². The Balaban J connectivity index is 1.79. The van der Waals surface area contributed by atoms with E-state index in [4.69, 9.17) is 9.47 Å². The Morgan fingerprint density at radius 1 is 1.29 bits per heavy atom. The number of fused-ring (bicyclic) bond motifs is 1. The summed E-state index contributed by atoms with van der Waals surface area (Å²) in [6, 6.07) is 7.42. The number of nitrogens with zero attached hydrogens (tertiary/aromatic N) is 3. The fourth-order valence-electron chi connectivity index (χ4n) is 3.64. The van der Waals surface area contributed by atoms with Gasteiger partial charge in [-0.1, -0.05) is 6.07 Å². The van der Waals surface area contributed by atoms with Crippen molar-refractivity contribution in [2.45, 2.75) is 31.9 Å². The van der Waals surface area contributed by atoms with Crippen LogP contribution in [0.15, 0.2) is 41.6 Å². The van der Waals surface area contributed by atoms with E-state index in [1.54, 1.807) is 7.11 Å². The van der Waals surface area contributed by atoms with Crippen LogP contribution < -0.4 is 10.3 Å². The first-order chi connectivity index (χ1) is 13.6. The molecule has 3 heterocycles. The molecule has 0 spiro atoms. The molecule has 1 aliphatic heterocycles. The van der Waals surface area contributed by atoms with Crippen LogP contribution in [-0.4, -0.2) is 46.1 Å². The molecule has 0 saturated carbocycles. The van der Waals surface area contributed by atoms with E-state index in [9.17, 15) is 9.90 Å². The number of benzene rings is 1. The van der Waals surface area contributed by atoms with Crippen molar-refractivity contribution in [3.63, 3.8) is 0 Å². The van der Waals surface area contributed by atoms with E-state index < -0.39 is 6.10 Å². The van der Waals surface area contributed by atoms with Crippen LogP contribution in [0.4, 0.5) is 0 Å². The molecule has 1 saturated heterocycles. The first kappa shape index (κ1) is 18.6. The highest BCUT2D eigenvalue weighted by Gasteiger charge is 2.27. The first-order valence-electron chi connectivity index (χ1n) is 9.32. The number of methoxy groups -OCH3 is 1. The summed E-state index contributed by atoms with van der Waals surface area (Å²) in [7, 11) is 1.57. The van der Waals surface area contributed by atoms with E-state index in [0.717, 1.165) is 16.8 Å². The highest BCUT2D eigenvalue weighted by molar-refractivity contribution is 5.84. The number of aliphatic hydroxyl groups excluding tert-OH is 1. The summed E-state index contributed by atoms with van der Waals surface area (Å²) < 4.78 is 12.3. The zero-order chi connectivity index (χ0) is 19.7. The summed E-state index contributed by atoms with van der Waals surface area (Å²) in [5.74, 6) is 0.560. The maximum absolute atomic E-state index is 13.2. The summed E-state index contributed by atoms with van der Waals surface area (Å²) in [6.07, 6.45) is 3.81. The Morgan fingerprint density at radius 3 is 2.86 bits per heavy atom. The van der Waals surface area contributed by atoms with E-state index >= 15 is 0 Å². The molecule has 0 radical (unpaired) electrons. The number of aryl methyl sites for hydroxylation is 1. The Bertz CT molecular complexity index is 1050. The third-order valence-corrected chi connectivity index (χ3v) is 5.16. The summed E-state index contributed by atoms with van der Waals surface area (Å²) in [4.78, 5) is 22.0. The zero-order valence-corrected chi connectivity index (χ0v) is 16.0. The normalized spacial score (nSPS) is 19.7. The summed E-state index contributed by atoms with van der Waals surface area (Å²) in [5.41, 5.74) is 3.30. The SMILES string of the molecule is COc1cc(Cc2ccc(C)nc2)cc2c(=O)n([C@H]3CCOC[C@@H]3O)cnc12. The lowest BCUT2D eigenvalue weighted by Crippen LogP contribution is -2.39. The summed E-state index contributed by atoms with van der Waals surface area (Å²) in [5, 5.41) is 10.7. The van der Waals surface area contributed by atoms with Gasteiger partial charge in [0.05, 0.1) is 37.6 Å². The van der Waals surface area contributed by atoms with E-state index in [2.05, 4.69) is 9.97 Å². The van der Waals surface area contributed by atoms with Crippen molar-refractivity contribution in [2.75, 3.05) is 20.3 Å². The number of aromatic nitrogens is 3. The molecule has 1 N–H and O–H groups in total. The second kappa shape index (κ2) is 7.69. The van der Waals surface area contributed by atoms with Crippen molar-refractivity contribution in [3.05, 3.63) is 64.0 Å². The number of aliphatic hydroxyl groups is 1. The Hall–Kier alpha value is -2.77. The quantitative estimate of drug-likeness (QED) is 0.744. The van der Waals surface area contributed by atoms with Gasteiger partial charge in [-0.15, -0.1) is 0 Å². The van der Waals surface area contributed by atoms with Gasteiger partial charge >= 0.3 is 0 Å². The molecule has 2 atom stereocenters. The maximum atomic E-state index is 13.2. The van der Waals surface area contributed by atoms with Crippen molar-refractivity contribution in [1.29, 1.82) is 0 Å². The van der Waals surface area contributed by atoms with E-state index in [0.29, 0.717) is 36.1 Å². The predicted molar refractivity (Wildman–Crippen MR) is 105 cm³/mol. The minimum absolute atomic E-state index is 0.182. The lowest BCUT2D eigenvalue weighted by atomic mass is 10.0. The monoisotopic (exact) mass is 381 g/mol. The Labute approximate surface area is 162 Å². The molecule has 0 bridgehead atoms. The number of hydrogen-bond donors (Lipinski definition) is 1. The van der Waals surface area contributed by atoms with Crippen LogP contribution in [0.3, 0.4) is 0 Å². The van der Waals surface area contributed by atoms with Gasteiger partial charge in [0.2, 0.25) is 0 Å². The number of rotatable bonds is 4. The predicted octanol–water partition coefficient (Wildman–Crippen LogP) is 2.02. The molecule has 1 aromatic carbocycles. The highest BCUT2D eigenvalue weighted by atomic mass is 16.5. The van der Waals surface area contributed by atoms with Crippen LogP contribution in [0.25, 0.3) is 10.9 Å². The van der Waals surface area contributed by atoms with E-state index in [-0.39, 0.29) is 18.2 Å². The van der Waals surface area contributed by atoms with Crippen LogP contribution >= 0.6 is 0 Å². The minimum atomic E-state index is -0.727. The molecule has 0 amide bonds. The topological polar surface area (TPSA) is 86.5 Å². The lowest BCUT2D eigenvalue weighted by molar-refractivity contribution is -0.0395. The van der Waals surface area contributed by atoms with Crippen molar-refractivity contribution in [2.24, 2.45) is 0 Å². The lowest BCUT2D eigenvalue weighted by Gasteiger charge is -2.29. The van der Waals surface area contributed by atoms with Crippen molar-refractivity contribution in [3.8, 4) is 5.75 Å². The molecule has 3 aromatic rings. The molecule has 7 heteroatoms. The van der Waals surface area contributed by atoms with Crippen molar-refractivity contribution >= 4 is 10.9 Å². The summed E-state index contributed by atoms with van der Waals surface area (Å²) >= 11 is 0. The molecule has 4 rings (SSSR count). The van der Waals surface area contributed by atoms with Crippen LogP contribution in [0, 0.1) is 6.92 Å². The van der Waals surface area contributed by atoms with Gasteiger partial charge in [-0.05, 0) is 49.1 Å². The smallest absolute Gasteiger partial charge is 0.261 e. The maximum Gasteiger partial charge on any atom is 0.261 e. The van der Waals surface area contributed by atoms with Crippen molar-refractivity contribution < 1.29 is 14.6 Å². The van der Waals surface area contributed by atoms with Gasteiger partial charge in [-0.3, -0.25) is 14.3 Å². The third-order valence-electron chi connectivity index (χ3n) is 5.16. The third kappa shape index (κ3) is 3.50. The largest absolute Gasteiger partial charge is 0.494 e. The average molecular weight is 381 g/mol. The van der Waals surface area contributed by atoms with Crippen LogP contribution in [-0.2, 0) is 11.2 Å².